The zero-order valence-electron chi connectivity index (χ0n) is 9.44. The van der Waals surface area contributed by atoms with Crippen LogP contribution in [0.1, 0.15) is 12.8 Å². The Balaban J connectivity index is 2.33. The topological polar surface area (TPSA) is 64.8 Å². The molecule has 2 unspecified atom stereocenters. The molecule has 1 aliphatic heterocycles. The lowest BCUT2D eigenvalue weighted by Crippen LogP contribution is -2.43. The summed E-state index contributed by atoms with van der Waals surface area (Å²) in [6.07, 6.45) is 1.64. The van der Waals surface area contributed by atoms with Crippen molar-refractivity contribution in [3.63, 3.8) is 0 Å². The maximum absolute atomic E-state index is 11.8. The second-order valence-corrected chi connectivity index (χ2v) is 3.82. The van der Waals surface area contributed by atoms with E-state index >= 15 is 0 Å². The van der Waals surface area contributed by atoms with Crippen molar-refractivity contribution < 1.29 is 14.3 Å². The molecule has 0 spiro atoms. The van der Waals surface area contributed by atoms with Crippen molar-refractivity contribution in [3.05, 3.63) is 0 Å². The number of ether oxygens (including phenoxy) is 2. The third-order valence-corrected chi connectivity index (χ3v) is 2.74. The number of rotatable bonds is 5. The molecule has 1 aliphatic rings. The van der Waals surface area contributed by atoms with Crippen molar-refractivity contribution >= 4 is 5.91 Å². The predicted octanol–water partition coefficient (Wildman–Crippen LogP) is -0.402. The Morgan fingerprint density at radius 3 is 2.87 bits per heavy atom. The van der Waals surface area contributed by atoms with E-state index in [2.05, 4.69) is 0 Å². The van der Waals surface area contributed by atoms with Gasteiger partial charge in [0.1, 0.15) is 0 Å². The second kappa shape index (κ2) is 6.05. The Morgan fingerprint density at radius 1 is 1.60 bits per heavy atom. The van der Waals surface area contributed by atoms with Crippen LogP contribution in [-0.2, 0) is 14.3 Å². The molecule has 0 saturated carbocycles. The van der Waals surface area contributed by atoms with Gasteiger partial charge in [0.05, 0.1) is 12.1 Å². The maximum Gasteiger partial charge on any atom is 0.239 e. The summed E-state index contributed by atoms with van der Waals surface area (Å²) in [5, 5.41) is 0. The van der Waals surface area contributed by atoms with Gasteiger partial charge in [-0.15, -0.1) is 0 Å². The van der Waals surface area contributed by atoms with Gasteiger partial charge in [0, 0.05) is 33.9 Å². The fourth-order valence-corrected chi connectivity index (χ4v) is 1.72. The Kier molecular flexibility index (Phi) is 5.01. The number of nitrogens with two attached hydrogens (primary N) is 1. The summed E-state index contributed by atoms with van der Waals surface area (Å²) in [7, 11) is 3.28. The van der Waals surface area contributed by atoms with Crippen LogP contribution in [-0.4, -0.2) is 56.9 Å². The average Bonchev–Trinajstić information content (AvgIpc) is 2.73. The summed E-state index contributed by atoms with van der Waals surface area (Å²) in [6, 6.07) is -0.444. The van der Waals surface area contributed by atoms with Gasteiger partial charge < -0.3 is 20.1 Å². The van der Waals surface area contributed by atoms with Gasteiger partial charge in [0.2, 0.25) is 5.91 Å². The van der Waals surface area contributed by atoms with E-state index in [0.29, 0.717) is 19.6 Å². The van der Waals surface area contributed by atoms with Crippen LogP contribution >= 0.6 is 0 Å². The molecule has 1 amide bonds. The Hall–Kier alpha value is -0.650. The molecule has 5 heteroatoms. The molecule has 2 N–H and O–H groups in total. The molecular weight excluding hydrogens is 196 g/mol. The molecule has 0 radical (unpaired) electrons. The Bertz CT molecular complexity index is 211. The zero-order chi connectivity index (χ0) is 11.3. The number of nitrogens with zero attached hydrogens (tertiary/aromatic N) is 1. The number of hydrogen-bond acceptors (Lipinski definition) is 4. The summed E-state index contributed by atoms with van der Waals surface area (Å²) in [6.45, 7) is 1.93. The number of methoxy groups -OCH3 is 2. The molecule has 1 heterocycles. The highest BCUT2D eigenvalue weighted by molar-refractivity contribution is 5.81. The molecular formula is C10H20N2O3. The second-order valence-electron chi connectivity index (χ2n) is 3.82. The first-order chi connectivity index (χ1) is 7.19. The van der Waals surface area contributed by atoms with Gasteiger partial charge in [-0.2, -0.15) is 0 Å². The van der Waals surface area contributed by atoms with Crippen LogP contribution in [0.15, 0.2) is 0 Å². The fraction of sp³-hybridized carbons (Fsp3) is 0.900. The lowest BCUT2D eigenvalue weighted by Gasteiger charge is -2.20. The average molecular weight is 216 g/mol. The van der Waals surface area contributed by atoms with E-state index in [9.17, 15) is 4.79 Å². The number of amides is 1. The first-order valence-corrected chi connectivity index (χ1v) is 5.25. The van der Waals surface area contributed by atoms with E-state index in [1.54, 1.807) is 19.1 Å². The van der Waals surface area contributed by atoms with Crippen molar-refractivity contribution in [2.45, 2.75) is 25.0 Å². The zero-order valence-corrected chi connectivity index (χ0v) is 9.44. The van der Waals surface area contributed by atoms with Crippen LogP contribution in [0, 0.1) is 0 Å². The monoisotopic (exact) mass is 216 g/mol. The number of likely N-dealkylation sites (tertiary alicyclic amines) is 1. The van der Waals surface area contributed by atoms with E-state index < -0.39 is 6.04 Å². The molecule has 1 rings (SSSR count). The van der Waals surface area contributed by atoms with Crippen LogP contribution in [0.2, 0.25) is 0 Å². The first kappa shape index (κ1) is 12.4. The molecule has 0 aromatic carbocycles. The molecule has 1 saturated heterocycles. The van der Waals surface area contributed by atoms with Crippen LogP contribution < -0.4 is 5.73 Å². The van der Waals surface area contributed by atoms with E-state index in [1.807, 2.05) is 0 Å². The SMILES string of the molecule is COCCC(N)C(=O)N1CCC(OC)C1. The third-order valence-electron chi connectivity index (χ3n) is 2.74. The lowest BCUT2D eigenvalue weighted by atomic mass is 10.2. The number of hydrogen-bond donors (Lipinski definition) is 1. The summed E-state index contributed by atoms with van der Waals surface area (Å²) in [4.78, 5) is 13.6. The van der Waals surface area contributed by atoms with Crippen molar-refractivity contribution in [2.75, 3.05) is 33.9 Å². The largest absolute Gasteiger partial charge is 0.385 e. The summed E-state index contributed by atoms with van der Waals surface area (Å²) < 4.78 is 10.1. The van der Waals surface area contributed by atoms with Crippen molar-refractivity contribution in [1.29, 1.82) is 0 Å². The minimum absolute atomic E-state index is 0.00611. The van der Waals surface area contributed by atoms with E-state index in [4.69, 9.17) is 15.2 Å². The minimum Gasteiger partial charge on any atom is -0.385 e. The van der Waals surface area contributed by atoms with Gasteiger partial charge in [-0.05, 0) is 12.8 Å². The van der Waals surface area contributed by atoms with Crippen molar-refractivity contribution in [2.24, 2.45) is 5.73 Å². The molecule has 5 nitrogen and oxygen atoms in total. The molecule has 0 bridgehead atoms. The van der Waals surface area contributed by atoms with Crippen molar-refractivity contribution in [1.82, 2.24) is 4.90 Å². The number of carbonyl (C=O) groups is 1. The molecule has 0 aliphatic carbocycles. The maximum atomic E-state index is 11.8. The Labute approximate surface area is 90.5 Å². The van der Waals surface area contributed by atoms with Crippen molar-refractivity contribution in [3.8, 4) is 0 Å². The highest BCUT2D eigenvalue weighted by Gasteiger charge is 2.28. The predicted molar refractivity (Wildman–Crippen MR) is 56.5 cm³/mol. The van der Waals surface area contributed by atoms with E-state index in [0.717, 1.165) is 13.0 Å². The van der Waals surface area contributed by atoms with Gasteiger partial charge in [0.15, 0.2) is 0 Å². The third kappa shape index (κ3) is 3.44. The van der Waals surface area contributed by atoms with Gasteiger partial charge in [-0.1, -0.05) is 0 Å². The quantitative estimate of drug-likeness (QED) is 0.679. The molecule has 0 aromatic rings. The smallest absolute Gasteiger partial charge is 0.239 e. The molecule has 1 fully saturated rings. The summed E-state index contributed by atoms with van der Waals surface area (Å²) in [5.41, 5.74) is 5.76. The van der Waals surface area contributed by atoms with Crippen LogP contribution in [0.5, 0.6) is 0 Å². The van der Waals surface area contributed by atoms with Crippen LogP contribution in [0.3, 0.4) is 0 Å². The number of carbonyl (C=O) groups excluding carboxylic acids is 1. The van der Waals surface area contributed by atoms with E-state index in [-0.39, 0.29) is 12.0 Å². The summed E-state index contributed by atoms with van der Waals surface area (Å²) >= 11 is 0. The van der Waals surface area contributed by atoms with Gasteiger partial charge >= 0.3 is 0 Å². The van der Waals surface area contributed by atoms with Crippen LogP contribution in [0.25, 0.3) is 0 Å². The van der Waals surface area contributed by atoms with Gasteiger partial charge in [0.25, 0.3) is 0 Å². The Morgan fingerprint density at radius 2 is 2.33 bits per heavy atom. The first-order valence-electron chi connectivity index (χ1n) is 5.25. The highest BCUT2D eigenvalue weighted by Crippen LogP contribution is 2.13. The molecule has 88 valence electrons. The normalized spacial score (nSPS) is 23.1. The van der Waals surface area contributed by atoms with E-state index in [1.165, 1.54) is 0 Å². The van der Waals surface area contributed by atoms with Gasteiger partial charge in [-0.3, -0.25) is 4.79 Å². The fourth-order valence-electron chi connectivity index (χ4n) is 1.72. The summed E-state index contributed by atoms with van der Waals surface area (Å²) in [5.74, 6) is 0.00611. The molecule has 15 heavy (non-hydrogen) atoms. The van der Waals surface area contributed by atoms with Crippen LogP contribution in [0.4, 0.5) is 0 Å². The van der Waals surface area contributed by atoms with Gasteiger partial charge in [-0.25, -0.2) is 0 Å². The minimum atomic E-state index is -0.444. The lowest BCUT2D eigenvalue weighted by molar-refractivity contribution is -0.132. The highest BCUT2D eigenvalue weighted by atomic mass is 16.5. The standard InChI is InChI=1S/C10H20N2O3/c1-14-6-4-9(11)10(13)12-5-3-8(7-12)15-2/h8-9H,3-7,11H2,1-2H3. The molecule has 2 atom stereocenters. The molecule has 0 aromatic heterocycles.